The molecule has 1 aromatic heterocycles. The number of nitrogens with zero attached hydrogens (tertiary/aromatic N) is 1. The zero-order valence-electron chi connectivity index (χ0n) is 12.0. The molecule has 0 N–H and O–H groups in total. The Morgan fingerprint density at radius 3 is 2.63 bits per heavy atom. The highest BCUT2D eigenvalue weighted by molar-refractivity contribution is 9.09. The van der Waals surface area contributed by atoms with Gasteiger partial charge in [0.2, 0.25) is 0 Å². The van der Waals surface area contributed by atoms with Gasteiger partial charge >= 0.3 is 0 Å². The van der Waals surface area contributed by atoms with Gasteiger partial charge in [-0.25, -0.2) is 0 Å². The van der Waals surface area contributed by atoms with Crippen molar-refractivity contribution >= 4 is 15.9 Å². The maximum absolute atomic E-state index is 5.53. The molecule has 2 fully saturated rings. The van der Waals surface area contributed by atoms with Crippen LogP contribution >= 0.6 is 15.9 Å². The molecule has 3 heteroatoms. The summed E-state index contributed by atoms with van der Waals surface area (Å²) in [6.45, 7) is 4.21. The van der Waals surface area contributed by atoms with E-state index >= 15 is 0 Å². The van der Waals surface area contributed by atoms with Crippen molar-refractivity contribution in [3.63, 3.8) is 0 Å². The van der Waals surface area contributed by atoms with Crippen molar-refractivity contribution in [2.24, 2.45) is 17.3 Å². The molecule has 0 aliphatic heterocycles. The topological polar surface area (TPSA) is 22.1 Å². The van der Waals surface area contributed by atoms with E-state index in [2.05, 4.69) is 34.8 Å². The van der Waals surface area contributed by atoms with Crippen LogP contribution in [0.2, 0.25) is 0 Å². The number of alkyl halides is 1. The lowest BCUT2D eigenvalue weighted by Crippen LogP contribution is -2.25. The first-order valence-electron chi connectivity index (χ1n) is 7.13. The van der Waals surface area contributed by atoms with Gasteiger partial charge in [0.05, 0.1) is 7.11 Å². The van der Waals surface area contributed by atoms with Crippen LogP contribution in [0.1, 0.15) is 36.1 Å². The van der Waals surface area contributed by atoms with Crippen molar-refractivity contribution in [1.82, 2.24) is 4.98 Å². The van der Waals surface area contributed by atoms with E-state index in [9.17, 15) is 0 Å². The summed E-state index contributed by atoms with van der Waals surface area (Å²) in [5.74, 6) is 3.02. The largest absolute Gasteiger partial charge is 0.496 e. The quantitative estimate of drug-likeness (QED) is 0.779. The normalized spacial score (nSPS) is 32.2. The van der Waals surface area contributed by atoms with Crippen LogP contribution in [-0.2, 0) is 6.42 Å². The maximum atomic E-state index is 5.53. The van der Waals surface area contributed by atoms with E-state index in [0.29, 0.717) is 5.41 Å². The minimum Gasteiger partial charge on any atom is -0.496 e. The Bertz CT molecular complexity index is 490. The van der Waals surface area contributed by atoms with Gasteiger partial charge in [-0.05, 0) is 56.8 Å². The fraction of sp³-hybridized carbons (Fsp3) is 0.688. The molecular weight excluding hydrogens is 302 g/mol. The Balaban J connectivity index is 1.86. The highest BCUT2D eigenvalue weighted by atomic mass is 79.9. The Labute approximate surface area is 124 Å². The van der Waals surface area contributed by atoms with Crippen molar-refractivity contribution < 1.29 is 4.74 Å². The van der Waals surface area contributed by atoms with Crippen molar-refractivity contribution in [1.29, 1.82) is 0 Å². The SMILES string of the molecule is COc1c(C)cnc(CC2(CBr)CC3CC3C2)c1C. The number of halogens is 1. The molecule has 0 amide bonds. The number of rotatable bonds is 4. The molecule has 19 heavy (non-hydrogen) atoms. The number of methoxy groups -OCH3 is 1. The van der Waals surface area contributed by atoms with Crippen LogP contribution < -0.4 is 4.74 Å². The number of fused-ring (bicyclic) bond motifs is 1. The number of hydrogen-bond acceptors (Lipinski definition) is 2. The van der Waals surface area contributed by atoms with Crippen molar-refractivity contribution in [3.05, 3.63) is 23.0 Å². The lowest BCUT2D eigenvalue weighted by atomic mass is 9.80. The molecule has 2 atom stereocenters. The van der Waals surface area contributed by atoms with E-state index in [4.69, 9.17) is 4.74 Å². The zero-order chi connectivity index (χ0) is 13.6. The van der Waals surface area contributed by atoms with E-state index in [1.54, 1.807) is 7.11 Å². The third kappa shape index (κ3) is 2.31. The van der Waals surface area contributed by atoms with Gasteiger partial charge in [-0.3, -0.25) is 4.98 Å². The van der Waals surface area contributed by atoms with Crippen molar-refractivity contribution in [2.45, 2.75) is 39.5 Å². The third-order valence-corrected chi connectivity index (χ3v) is 6.22. The van der Waals surface area contributed by atoms with Crippen LogP contribution in [0.15, 0.2) is 6.20 Å². The summed E-state index contributed by atoms with van der Waals surface area (Å²) in [7, 11) is 1.75. The van der Waals surface area contributed by atoms with Gasteiger partial charge < -0.3 is 4.74 Å². The van der Waals surface area contributed by atoms with Gasteiger partial charge in [0.15, 0.2) is 0 Å². The summed E-state index contributed by atoms with van der Waals surface area (Å²) in [6, 6.07) is 0. The Kier molecular flexibility index (Phi) is 3.36. The summed E-state index contributed by atoms with van der Waals surface area (Å²) >= 11 is 3.75. The average molecular weight is 324 g/mol. The molecule has 0 aromatic carbocycles. The van der Waals surface area contributed by atoms with Crippen molar-refractivity contribution in [3.8, 4) is 5.75 Å². The second-order valence-corrected chi connectivity index (χ2v) is 7.08. The Morgan fingerprint density at radius 1 is 1.37 bits per heavy atom. The van der Waals surface area contributed by atoms with Gasteiger partial charge in [0.1, 0.15) is 5.75 Å². The van der Waals surface area contributed by atoms with Crippen molar-refractivity contribution in [2.75, 3.05) is 12.4 Å². The smallest absolute Gasteiger partial charge is 0.128 e. The second kappa shape index (κ2) is 4.76. The minimum absolute atomic E-state index is 0.436. The summed E-state index contributed by atoms with van der Waals surface area (Å²) in [4.78, 5) is 4.68. The van der Waals surface area contributed by atoms with Crippen LogP contribution in [-0.4, -0.2) is 17.4 Å². The van der Waals surface area contributed by atoms with Crippen LogP contribution in [0.4, 0.5) is 0 Å². The standard InChI is InChI=1S/C16H22BrNO/c1-10-8-18-14(11(2)15(10)19-3)7-16(9-17)5-12-4-13(12)6-16/h8,12-13H,4-7,9H2,1-3H3. The van der Waals surface area contributed by atoms with Gasteiger partial charge in [-0.15, -0.1) is 0 Å². The first kappa shape index (κ1) is 13.4. The number of pyridine rings is 1. The molecule has 0 spiro atoms. The molecule has 3 rings (SSSR count). The zero-order valence-corrected chi connectivity index (χ0v) is 13.6. The molecule has 2 nitrogen and oxygen atoms in total. The van der Waals surface area contributed by atoms with Gasteiger partial charge in [0, 0.05) is 28.3 Å². The first-order valence-corrected chi connectivity index (χ1v) is 8.26. The summed E-state index contributed by atoms with van der Waals surface area (Å²) in [5, 5.41) is 1.10. The molecule has 2 saturated carbocycles. The van der Waals surface area contributed by atoms with E-state index in [1.807, 2.05) is 6.20 Å². The van der Waals surface area contributed by atoms with E-state index in [1.165, 1.54) is 30.5 Å². The fourth-order valence-corrected chi connectivity index (χ4v) is 4.57. The van der Waals surface area contributed by atoms with Crippen LogP contribution in [0, 0.1) is 31.1 Å². The fourth-order valence-electron chi connectivity index (χ4n) is 3.91. The molecule has 2 aliphatic rings. The number of ether oxygens (including phenoxy) is 1. The monoisotopic (exact) mass is 323 g/mol. The lowest BCUT2D eigenvalue weighted by Gasteiger charge is -2.29. The maximum Gasteiger partial charge on any atom is 0.128 e. The van der Waals surface area contributed by atoms with Gasteiger partial charge in [0.25, 0.3) is 0 Å². The van der Waals surface area contributed by atoms with Gasteiger partial charge in [-0.2, -0.15) is 0 Å². The van der Waals surface area contributed by atoms with Crippen LogP contribution in [0.25, 0.3) is 0 Å². The highest BCUT2D eigenvalue weighted by Gasteiger charge is 2.53. The molecule has 0 bridgehead atoms. The molecule has 0 saturated heterocycles. The molecule has 2 unspecified atom stereocenters. The molecule has 0 radical (unpaired) electrons. The molecule has 104 valence electrons. The first-order chi connectivity index (χ1) is 9.08. The van der Waals surface area contributed by atoms with Crippen LogP contribution in [0.5, 0.6) is 5.75 Å². The average Bonchev–Trinajstić information content (AvgIpc) is 3.02. The third-order valence-electron chi connectivity index (χ3n) is 5.04. The number of hydrogen-bond donors (Lipinski definition) is 0. The summed E-state index contributed by atoms with van der Waals surface area (Å²) in [6.07, 6.45) is 7.27. The number of aryl methyl sites for hydroxylation is 1. The molecule has 2 aliphatic carbocycles. The Hall–Kier alpha value is -0.570. The number of aromatic nitrogens is 1. The predicted molar refractivity (Wildman–Crippen MR) is 81.0 cm³/mol. The molecular formula is C16H22BrNO. The van der Waals surface area contributed by atoms with E-state index in [0.717, 1.165) is 34.9 Å². The summed E-state index contributed by atoms with van der Waals surface area (Å²) < 4.78 is 5.53. The van der Waals surface area contributed by atoms with E-state index in [-0.39, 0.29) is 0 Å². The van der Waals surface area contributed by atoms with Crippen LogP contribution in [0.3, 0.4) is 0 Å². The molecule has 1 aromatic rings. The minimum atomic E-state index is 0.436. The highest BCUT2D eigenvalue weighted by Crippen LogP contribution is 2.61. The van der Waals surface area contributed by atoms with Gasteiger partial charge in [-0.1, -0.05) is 15.9 Å². The Morgan fingerprint density at radius 2 is 2.05 bits per heavy atom. The lowest BCUT2D eigenvalue weighted by molar-refractivity contribution is 0.303. The second-order valence-electron chi connectivity index (χ2n) is 6.52. The molecule has 1 heterocycles. The predicted octanol–water partition coefficient (Wildman–Crippen LogP) is 4.06. The summed E-state index contributed by atoms with van der Waals surface area (Å²) in [5.41, 5.74) is 4.02. The van der Waals surface area contributed by atoms with E-state index < -0.39 is 0 Å².